The first-order chi connectivity index (χ1) is 18.9. The maximum absolute atomic E-state index is 11.5. The van der Waals surface area contributed by atoms with Crippen molar-refractivity contribution in [1.82, 2.24) is 9.88 Å². The number of aliphatic hydroxyl groups is 2. The number of hydrogen-bond donors (Lipinski definition) is 3. The summed E-state index contributed by atoms with van der Waals surface area (Å²) in [5.41, 5.74) is 2.43. The quantitative estimate of drug-likeness (QED) is 0.450. The van der Waals surface area contributed by atoms with Gasteiger partial charge in [-0.05, 0) is 66.8 Å². The Hall–Kier alpha value is -3.27. The molecule has 0 spiro atoms. The topological polar surface area (TPSA) is 112 Å². The molecule has 39 heavy (non-hydrogen) atoms. The molecule has 2 aromatic rings. The number of halogens is 1. The maximum atomic E-state index is 11.5. The summed E-state index contributed by atoms with van der Waals surface area (Å²) < 4.78 is 11.8. The molecule has 3 N–H and O–H groups in total. The number of fused-ring (bicyclic) bond motifs is 2. The number of pyridine rings is 1. The molecule has 1 saturated heterocycles. The lowest BCUT2D eigenvalue weighted by atomic mass is 9.84. The highest BCUT2D eigenvalue weighted by atomic mass is 35.5. The van der Waals surface area contributed by atoms with E-state index in [9.17, 15) is 20.1 Å². The molecule has 3 heterocycles. The highest BCUT2D eigenvalue weighted by molar-refractivity contribution is 6.30. The molecule has 1 aliphatic carbocycles. The van der Waals surface area contributed by atoms with E-state index < -0.39 is 30.4 Å². The lowest BCUT2D eigenvalue weighted by Crippen LogP contribution is -2.42. The summed E-state index contributed by atoms with van der Waals surface area (Å²) in [6.45, 7) is 1.72. The van der Waals surface area contributed by atoms with E-state index in [1.54, 1.807) is 24.4 Å². The van der Waals surface area contributed by atoms with Crippen LogP contribution in [-0.4, -0.2) is 69.6 Å². The van der Waals surface area contributed by atoms with Gasteiger partial charge in [-0.1, -0.05) is 42.0 Å². The highest BCUT2D eigenvalue weighted by Gasteiger charge is 2.34. The van der Waals surface area contributed by atoms with E-state index in [0.29, 0.717) is 35.1 Å². The van der Waals surface area contributed by atoms with Crippen LogP contribution < -0.4 is 4.74 Å². The Morgan fingerprint density at radius 1 is 1.26 bits per heavy atom. The number of ether oxygens (including phenoxy) is 2. The Bertz CT molecular complexity index is 1330. The van der Waals surface area contributed by atoms with Gasteiger partial charge in [0.1, 0.15) is 11.9 Å². The summed E-state index contributed by atoms with van der Waals surface area (Å²) in [5.74, 6) is -0.258. The first-order valence-corrected chi connectivity index (χ1v) is 13.4. The molecule has 204 valence electrons. The maximum Gasteiger partial charge on any atom is 0.335 e. The number of allylic oxidation sites excluding steroid dienone is 4. The Balaban J connectivity index is 1.31. The molecular weight excluding hydrogens is 520 g/mol. The van der Waals surface area contributed by atoms with Crippen molar-refractivity contribution in [3.05, 3.63) is 100 Å². The number of rotatable bonds is 8. The van der Waals surface area contributed by atoms with Crippen LogP contribution in [0.3, 0.4) is 0 Å². The molecule has 5 rings (SSSR count). The molecule has 1 fully saturated rings. The van der Waals surface area contributed by atoms with Crippen LogP contribution in [0.25, 0.3) is 5.57 Å². The summed E-state index contributed by atoms with van der Waals surface area (Å²) in [4.78, 5) is 18.2. The van der Waals surface area contributed by atoms with Crippen molar-refractivity contribution in [2.24, 2.45) is 0 Å². The van der Waals surface area contributed by atoms with Gasteiger partial charge in [-0.3, -0.25) is 0 Å². The zero-order valence-corrected chi connectivity index (χ0v) is 22.1. The largest absolute Gasteiger partial charge is 0.479 e. The van der Waals surface area contributed by atoms with Crippen molar-refractivity contribution in [2.45, 2.75) is 37.1 Å². The number of hydrogen-bond acceptors (Lipinski definition) is 7. The highest BCUT2D eigenvalue weighted by Crippen LogP contribution is 2.37. The minimum Gasteiger partial charge on any atom is -0.479 e. The van der Waals surface area contributed by atoms with E-state index >= 15 is 0 Å². The van der Waals surface area contributed by atoms with Gasteiger partial charge in [0.15, 0.2) is 6.10 Å². The second-order valence-corrected chi connectivity index (χ2v) is 10.3. The number of nitrogens with zero attached hydrogens (tertiary/aromatic N) is 2. The third kappa shape index (κ3) is 6.16. The monoisotopic (exact) mass is 550 g/mol. The second kappa shape index (κ2) is 11.9. The van der Waals surface area contributed by atoms with E-state index in [1.807, 2.05) is 42.5 Å². The van der Waals surface area contributed by atoms with E-state index in [0.717, 1.165) is 42.8 Å². The Morgan fingerprint density at radius 3 is 2.74 bits per heavy atom. The van der Waals surface area contributed by atoms with Gasteiger partial charge in [0.2, 0.25) is 5.88 Å². The number of carboxylic acids is 1. The van der Waals surface area contributed by atoms with Crippen LogP contribution in [0.15, 0.2) is 84.3 Å². The fourth-order valence-corrected chi connectivity index (χ4v) is 5.24. The van der Waals surface area contributed by atoms with Gasteiger partial charge in [0, 0.05) is 42.0 Å². The standard InChI is InChI=1S/C30H31ClN2O6/c31-22-10-8-21(9-11-22)30(37)12-16-33(17-13-30)15-3-4-20-18-24-25(38-27(19-34)29(35)36)6-1-7-26(24)39-28-23(20)5-2-14-32-28/h1-2,4-11,14,18,25,27,34,37H,3,12-13,15-17,19H2,(H,35,36). The zero-order valence-electron chi connectivity index (χ0n) is 21.4. The third-order valence-electron chi connectivity index (χ3n) is 7.35. The number of carbonyl (C=O) groups is 1. The molecule has 2 atom stereocenters. The second-order valence-electron chi connectivity index (χ2n) is 9.87. The summed E-state index contributed by atoms with van der Waals surface area (Å²) in [6.07, 6.45) is 11.0. The fraction of sp³-hybridized carbons (Fsp3) is 0.333. The van der Waals surface area contributed by atoms with Gasteiger partial charge in [0.05, 0.1) is 12.2 Å². The predicted octanol–water partition coefficient (Wildman–Crippen LogP) is 4.10. The van der Waals surface area contributed by atoms with Gasteiger partial charge >= 0.3 is 5.97 Å². The Labute approximate surface area is 232 Å². The smallest absolute Gasteiger partial charge is 0.335 e. The molecule has 2 unspecified atom stereocenters. The average Bonchev–Trinajstić information content (AvgIpc) is 3.10. The molecule has 0 saturated carbocycles. The molecule has 9 heteroatoms. The van der Waals surface area contributed by atoms with Crippen LogP contribution in [-0.2, 0) is 15.1 Å². The van der Waals surface area contributed by atoms with Crippen molar-refractivity contribution in [1.29, 1.82) is 0 Å². The minimum absolute atomic E-state index is 0.457. The van der Waals surface area contributed by atoms with Gasteiger partial charge in [-0.15, -0.1) is 0 Å². The molecule has 1 aromatic heterocycles. The SMILES string of the molecule is O=C(O)C(CO)OC1C=CC=C2Oc3ncccc3C(=CCCN3CCC(O)(c4ccc(Cl)cc4)CC3)C=C21. The van der Waals surface area contributed by atoms with Crippen LogP contribution >= 0.6 is 11.6 Å². The number of benzene rings is 1. The van der Waals surface area contributed by atoms with Crippen LogP contribution in [0.2, 0.25) is 5.02 Å². The third-order valence-corrected chi connectivity index (χ3v) is 7.60. The molecule has 1 aromatic carbocycles. The number of aromatic nitrogens is 1. The number of carboxylic acid groups (broad SMARTS) is 1. The number of likely N-dealkylation sites (tertiary alicyclic amines) is 1. The Morgan fingerprint density at radius 2 is 2.03 bits per heavy atom. The molecule has 2 aliphatic heterocycles. The molecule has 0 bridgehead atoms. The van der Waals surface area contributed by atoms with Gasteiger partial charge in [-0.25, -0.2) is 9.78 Å². The number of aliphatic carboxylic acids is 1. The first kappa shape index (κ1) is 27.3. The van der Waals surface area contributed by atoms with Crippen LogP contribution in [0.5, 0.6) is 5.88 Å². The van der Waals surface area contributed by atoms with E-state index in [-0.39, 0.29) is 0 Å². The summed E-state index contributed by atoms with van der Waals surface area (Å²) in [7, 11) is 0. The summed E-state index contributed by atoms with van der Waals surface area (Å²) in [6, 6.07) is 11.2. The van der Waals surface area contributed by atoms with Crippen molar-refractivity contribution < 1.29 is 29.6 Å². The summed E-state index contributed by atoms with van der Waals surface area (Å²) >= 11 is 6.01. The molecule has 0 amide bonds. The van der Waals surface area contributed by atoms with Gasteiger partial charge in [0.25, 0.3) is 0 Å². The van der Waals surface area contributed by atoms with E-state index in [1.165, 1.54) is 0 Å². The molecular formula is C30H31ClN2O6. The van der Waals surface area contributed by atoms with Crippen LogP contribution in [0, 0.1) is 0 Å². The van der Waals surface area contributed by atoms with E-state index in [4.69, 9.17) is 21.1 Å². The normalized spacial score (nSPS) is 22.1. The Kier molecular flexibility index (Phi) is 8.30. The van der Waals surface area contributed by atoms with Crippen molar-refractivity contribution in [3.63, 3.8) is 0 Å². The minimum atomic E-state index is -1.36. The van der Waals surface area contributed by atoms with Crippen molar-refractivity contribution >= 4 is 23.1 Å². The first-order valence-electron chi connectivity index (χ1n) is 13.0. The average molecular weight is 551 g/mol. The molecule has 3 aliphatic rings. The zero-order chi connectivity index (χ0) is 27.4. The van der Waals surface area contributed by atoms with Gasteiger partial charge < -0.3 is 29.7 Å². The van der Waals surface area contributed by atoms with Crippen LogP contribution in [0.1, 0.15) is 30.4 Å². The van der Waals surface area contributed by atoms with E-state index in [2.05, 4.69) is 16.0 Å². The predicted molar refractivity (Wildman–Crippen MR) is 147 cm³/mol. The fourth-order valence-electron chi connectivity index (χ4n) is 5.11. The number of aliphatic hydroxyl groups excluding tert-OH is 1. The lowest BCUT2D eigenvalue weighted by molar-refractivity contribution is -0.154. The van der Waals surface area contributed by atoms with Crippen molar-refractivity contribution in [2.75, 3.05) is 26.2 Å². The lowest BCUT2D eigenvalue weighted by Gasteiger charge is -2.38. The molecule has 8 nitrogen and oxygen atoms in total. The number of piperidine rings is 1. The molecule has 0 radical (unpaired) electrons. The van der Waals surface area contributed by atoms with Gasteiger partial charge in [-0.2, -0.15) is 0 Å². The van der Waals surface area contributed by atoms with Crippen LogP contribution in [0.4, 0.5) is 0 Å². The summed E-state index contributed by atoms with van der Waals surface area (Å²) in [5, 5.41) is 30.7. The van der Waals surface area contributed by atoms with Crippen molar-refractivity contribution in [3.8, 4) is 5.88 Å².